The maximum atomic E-state index is 12.2. The van der Waals surface area contributed by atoms with E-state index in [0.29, 0.717) is 19.6 Å². The number of rotatable bonds is 9. The van der Waals surface area contributed by atoms with Gasteiger partial charge in [-0.05, 0) is 51.9 Å². The highest BCUT2D eigenvalue weighted by Gasteiger charge is 2.22. The van der Waals surface area contributed by atoms with Crippen molar-refractivity contribution < 1.29 is 4.79 Å². The van der Waals surface area contributed by atoms with Gasteiger partial charge in [0.15, 0.2) is 0 Å². The number of carbonyl (C=O) groups is 1. The van der Waals surface area contributed by atoms with Crippen LogP contribution in [-0.2, 0) is 4.79 Å². The van der Waals surface area contributed by atoms with Crippen LogP contribution in [0.3, 0.4) is 0 Å². The zero-order valence-corrected chi connectivity index (χ0v) is 14.0. The minimum absolute atomic E-state index is 0. The topological polar surface area (TPSA) is 35.6 Å². The highest BCUT2D eigenvalue weighted by Crippen LogP contribution is 2.19. The summed E-state index contributed by atoms with van der Waals surface area (Å²) < 4.78 is 0. The highest BCUT2D eigenvalue weighted by atomic mass is 35.5. The Balaban J connectivity index is 0.00000400. The number of nitrogens with one attached hydrogen (secondary N) is 1. The third kappa shape index (κ3) is 7.65. The Morgan fingerprint density at radius 1 is 1.29 bits per heavy atom. The summed E-state index contributed by atoms with van der Waals surface area (Å²) in [6.45, 7) is 12.3. The fourth-order valence-electron chi connectivity index (χ4n) is 2.66. The van der Waals surface area contributed by atoms with Crippen molar-refractivity contribution in [2.24, 2.45) is 5.92 Å². The molecule has 0 bridgehead atoms. The molecule has 1 N–H and O–H groups in total. The number of halogens is 1. The first kappa shape index (κ1) is 20.2. The van der Waals surface area contributed by atoms with Crippen LogP contribution in [0.25, 0.3) is 0 Å². The number of piperidine rings is 1. The molecule has 0 atom stereocenters. The quantitative estimate of drug-likeness (QED) is 0.660. The molecule has 0 unspecified atom stereocenters. The van der Waals surface area contributed by atoms with Crippen molar-refractivity contribution >= 4 is 18.3 Å². The number of nitrogens with zero attached hydrogens (tertiary/aromatic N) is 2. The van der Waals surface area contributed by atoms with Crippen LogP contribution < -0.4 is 5.32 Å². The zero-order valence-electron chi connectivity index (χ0n) is 13.2. The van der Waals surface area contributed by atoms with E-state index >= 15 is 0 Å². The summed E-state index contributed by atoms with van der Waals surface area (Å²) in [5.74, 6) is 0.990. The molecule has 1 aliphatic rings. The lowest BCUT2D eigenvalue weighted by Crippen LogP contribution is -2.43. The standard InChI is InChI=1S/C16H29N3O.ClH/c1-4-10-19(11-5-2)16(20)14-18-12-7-15(8-13-18)6-9-17-3;/h4-5,15,17H,1-2,6-14H2,3H3;1H. The summed E-state index contributed by atoms with van der Waals surface area (Å²) in [4.78, 5) is 16.3. The van der Waals surface area contributed by atoms with Gasteiger partial charge >= 0.3 is 0 Å². The largest absolute Gasteiger partial charge is 0.334 e. The molecule has 4 nitrogen and oxygen atoms in total. The maximum absolute atomic E-state index is 12.2. The summed E-state index contributed by atoms with van der Waals surface area (Å²) in [7, 11) is 2.00. The highest BCUT2D eigenvalue weighted by molar-refractivity contribution is 5.85. The first-order valence-corrected chi connectivity index (χ1v) is 7.57. The molecule has 1 rings (SSSR count). The lowest BCUT2D eigenvalue weighted by molar-refractivity contribution is -0.131. The van der Waals surface area contributed by atoms with Crippen molar-refractivity contribution in [3.63, 3.8) is 0 Å². The predicted octanol–water partition coefficient (Wildman–Crippen LogP) is 1.93. The average Bonchev–Trinajstić information content (AvgIpc) is 2.46. The van der Waals surface area contributed by atoms with Crippen LogP contribution in [0.15, 0.2) is 25.3 Å². The van der Waals surface area contributed by atoms with Gasteiger partial charge in [-0.3, -0.25) is 9.69 Å². The molecule has 0 aliphatic carbocycles. The van der Waals surface area contributed by atoms with Crippen LogP contribution in [0, 0.1) is 5.92 Å². The first-order valence-electron chi connectivity index (χ1n) is 7.57. The Hall–Kier alpha value is -0.840. The summed E-state index contributed by atoms with van der Waals surface area (Å²) >= 11 is 0. The molecule has 1 amide bonds. The lowest BCUT2D eigenvalue weighted by atomic mass is 9.93. The Labute approximate surface area is 135 Å². The van der Waals surface area contributed by atoms with E-state index in [-0.39, 0.29) is 18.3 Å². The zero-order chi connectivity index (χ0) is 14.8. The molecule has 1 fully saturated rings. The van der Waals surface area contributed by atoms with Gasteiger partial charge in [-0.15, -0.1) is 25.6 Å². The van der Waals surface area contributed by atoms with Crippen LogP contribution in [0.1, 0.15) is 19.3 Å². The van der Waals surface area contributed by atoms with Crippen molar-refractivity contribution in [1.82, 2.24) is 15.1 Å². The fraction of sp³-hybridized carbons (Fsp3) is 0.688. The minimum Gasteiger partial charge on any atom is -0.334 e. The van der Waals surface area contributed by atoms with Gasteiger partial charge in [0.2, 0.25) is 5.91 Å². The normalized spacial score (nSPS) is 16.0. The second kappa shape index (κ2) is 11.8. The van der Waals surface area contributed by atoms with Gasteiger partial charge in [0.1, 0.15) is 0 Å². The summed E-state index contributed by atoms with van der Waals surface area (Å²) in [6, 6.07) is 0. The van der Waals surface area contributed by atoms with E-state index in [2.05, 4.69) is 23.4 Å². The number of likely N-dealkylation sites (tertiary alicyclic amines) is 1. The molecule has 0 spiro atoms. The number of hydrogen-bond donors (Lipinski definition) is 1. The second-order valence-corrected chi connectivity index (χ2v) is 5.49. The third-order valence-corrected chi connectivity index (χ3v) is 3.92. The van der Waals surface area contributed by atoms with Gasteiger partial charge in [0.25, 0.3) is 0 Å². The molecule has 0 radical (unpaired) electrons. The van der Waals surface area contributed by atoms with E-state index < -0.39 is 0 Å². The number of hydrogen-bond acceptors (Lipinski definition) is 3. The molecule has 0 aromatic carbocycles. The van der Waals surface area contributed by atoms with Gasteiger partial charge < -0.3 is 10.2 Å². The molecule has 0 saturated carbocycles. The summed E-state index contributed by atoms with van der Waals surface area (Å²) in [6.07, 6.45) is 7.20. The summed E-state index contributed by atoms with van der Waals surface area (Å²) in [5.41, 5.74) is 0. The van der Waals surface area contributed by atoms with E-state index in [1.54, 1.807) is 17.1 Å². The fourth-order valence-corrected chi connectivity index (χ4v) is 2.66. The van der Waals surface area contributed by atoms with Gasteiger partial charge in [-0.2, -0.15) is 0 Å². The maximum Gasteiger partial charge on any atom is 0.237 e. The van der Waals surface area contributed by atoms with Crippen molar-refractivity contribution in [3.8, 4) is 0 Å². The van der Waals surface area contributed by atoms with Gasteiger partial charge in [0, 0.05) is 13.1 Å². The molecule has 1 heterocycles. The second-order valence-electron chi connectivity index (χ2n) is 5.49. The number of amides is 1. The molecule has 5 heteroatoms. The molecule has 0 aromatic rings. The minimum atomic E-state index is 0. The Morgan fingerprint density at radius 2 is 1.86 bits per heavy atom. The van der Waals surface area contributed by atoms with Gasteiger partial charge in [0.05, 0.1) is 6.54 Å². The van der Waals surface area contributed by atoms with Gasteiger partial charge in [-0.1, -0.05) is 12.2 Å². The van der Waals surface area contributed by atoms with E-state index in [0.717, 1.165) is 25.6 Å². The molecule has 1 saturated heterocycles. The van der Waals surface area contributed by atoms with Crippen molar-refractivity contribution in [2.45, 2.75) is 19.3 Å². The Kier molecular flexibility index (Phi) is 11.3. The molecule has 1 aliphatic heterocycles. The van der Waals surface area contributed by atoms with E-state index in [1.165, 1.54) is 19.3 Å². The van der Waals surface area contributed by atoms with Crippen LogP contribution in [0.4, 0.5) is 0 Å². The van der Waals surface area contributed by atoms with Crippen molar-refractivity contribution in [1.29, 1.82) is 0 Å². The Bertz CT molecular complexity index is 305. The monoisotopic (exact) mass is 315 g/mol. The molecule has 21 heavy (non-hydrogen) atoms. The predicted molar refractivity (Wildman–Crippen MR) is 91.9 cm³/mol. The molecular weight excluding hydrogens is 286 g/mol. The molecular formula is C16H30ClN3O. The smallest absolute Gasteiger partial charge is 0.237 e. The summed E-state index contributed by atoms with van der Waals surface area (Å²) in [5, 5.41) is 3.21. The molecule has 122 valence electrons. The van der Waals surface area contributed by atoms with E-state index in [9.17, 15) is 4.79 Å². The van der Waals surface area contributed by atoms with Crippen LogP contribution >= 0.6 is 12.4 Å². The SMILES string of the molecule is C=CCN(CC=C)C(=O)CN1CCC(CCNC)CC1.Cl. The van der Waals surface area contributed by atoms with Crippen LogP contribution in [0.2, 0.25) is 0 Å². The number of carbonyl (C=O) groups excluding carboxylic acids is 1. The van der Waals surface area contributed by atoms with Crippen LogP contribution in [0.5, 0.6) is 0 Å². The lowest BCUT2D eigenvalue weighted by Gasteiger charge is -2.32. The first-order chi connectivity index (χ1) is 9.71. The third-order valence-electron chi connectivity index (χ3n) is 3.92. The van der Waals surface area contributed by atoms with Crippen molar-refractivity contribution in [3.05, 3.63) is 25.3 Å². The van der Waals surface area contributed by atoms with E-state index in [4.69, 9.17) is 0 Å². The average molecular weight is 316 g/mol. The Morgan fingerprint density at radius 3 is 2.33 bits per heavy atom. The van der Waals surface area contributed by atoms with Crippen molar-refractivity contribution in [2.75, 3.05) is 46.3 Å². The van der Waals surface area contributed by atoms with Crippen LogP contribution in [-0.4, -0.2) is 62.0 Å². The van der Waals surface area contributed by atoms with E-state index in [1.807, 2.05) is 7.05 Å². The molecule has 0 aromatic heterocycles. The van der Waals surface area contributed by atoms with Gasteiger partial charge in [-0.25, -0.2) is 0 Å².